The van der Waals surface area contributed by atoms with E-state index in [9.17, 15) is 18.0 Å². The second-order valence-electron chi connectivity index (χ2n) is 6.69. The van der Waals surface area contributed by atoms with E-state index in [-0.39, 0.29) is 12.5 Å². The first-order valence-corrected chi connectivity index (χ1v) is 12.4. The first-order chi connectivity index (χ1) is 14.0. The van der Waals surface area contributed by atoms with Gasteiger partial charge in [0.2, 0.25) is 21.8 Å². The number of anilines is 1. The molecule has 1 atom stereocenters. The van der Waals surface area contributed by atoms with Gasteiger partial charge >= 0.3 is 0 Å². The molecule has 0 saturated heterocycles. The van der Waals surface area contributed by atoms with E-state index in [4.69, 9.17) is 0 Å². The van der Waals surface area contributed by atoms with Crippen LogP contribution in [0, 0.1) is 0 Å². The molecule has 30 heavy (non-hydrogen) atoms. The Morgan fingerprint density at radius 2 is 1.67 bits per heavy atom. The maximum atomic E-state index is 13.2. The molecule has 0 bridgehead atoms. The van der Waals surface area contributed by atoms with Crippen molar-refractivity contribution in [3.05, 3.63) is 63.0 Å². The fraction of sp³-hybridized carbons (Fsp3) is 0.300. The number of sulfonamides is 1. The van der Waals surface area contributed by atoms with Gasteiger partial charge in [-0.15, -0.1) is 0 Å². The molecular weight excluding hydrogens is 538 g/mol. The second kappa shape index (κ2) is 10.4. The average molecular weight is 561 g/mol. The molecule has 0 heterocycles. The van der Waals surface area contributed by atoms with Crippen LogP contribution < -0.4 is 9.62 Å². The number of carbonyl (C=O) groups is 2. The molecule has 10 heteroatoms. The van der Waals surface area contributed by atoms with Crippen LogP contribution in [-0.4, -0.2) is 51.0 Å². The minimum absolute atomic E-state index is 0.156. The van der Waals surface area contributed by atoms with Gasteiger partial charge in [-0.2, -0.15) is 0 Å². The maximum Gasteiger partial charge on any atom is 0.244 e. The predicted octanol–water partition coefficient (Wildman–Crippen LogP) is 3.14. The van der Waals surface area contributed by atoms with Gasteiger partial charge in [-0.1, -0.05) is 50.1 Å². The van der Waals surface area contributed by atoms with Crippen molar-refractivity contribution in [3.63, 3.8) is 0 Å². The van der Waals surface area contributed by atoms with Crippen molar-refractivity contribution in [1.29, 1.82) is 0 Å². The van der Waals surface area contributed by atoms with Crippen LogP contribution in [0.2, 0.25) is 0 Å². The van der Waals surface area contributed by atoms with Gasteiger partial charge in [0.25, 0.3) is 0 Å². The van der Waals surface area contributed by atoms with Crippen LogP contribution in [0.15, 0.2) is 57.5 Å². The first-order valence-electron chi connectivity index (χ1n) is 9.01. The van der Waals surface area contributed by atoms with E-state index in [0.717, 1.165) is 20.6 Å². The fourth-order valence-electron chi connectivity index (χ4n) is 2.87. The minimum atomic E-state index is -3.74. The molecule has 0 aliphatic rings. The van der Waals surface area contributed by atoms with Crippen LogP contribution in [0.5, 0.6) is 0 Å². The maximum absolute atomic E-state index is 13.2. The van der Waals surface area contributed by atoms with Crippen molar-refractivity contribution >= 4 is 59.4 Å². The minimum Gasteiger partial charge on any atom is -0.357 e. The Kier molecular flexibility index (Phi) is 8.45. The lowest BCUT2D eigenvalue weighted by molar-refractivity contribution is -0.139. The Hall–Kier alpha value is -1.91. The summed E-state index contributed by atoms with van der Waals surface area (Å²) in [5.74, 6) is -0.830. The van der Waals surface area contributed by atoms with E-state index in [2.05, 4.69) is 37.2 Å². The Balaban J connectivity index is 2.38. The lowest BCUT2D eigenvalue weighted by Crippen LogP contribution is -2.50. The summed E-state index contributed by atoms with van der Waals surface area (Å²) in [6.07, 6.45) is 1.04. The number of carbonyl (C=O) groups excluding carboxylic acids is 2. The summed E-state index contributed by atoms with van der Waals surface area (Å²) < 4.78 is 27.4. The molecule has 2 aromatic carbocycles. The van der Waals surface area contributed by atoms with Gasteiger partial charge in [-0.3, -0.25) is 13.9 Å². The first kappa shape index (κ1) is 24.4. The number of hydrogen-bond acceptors (Lipinski definition) is 4. The second-order valence-corrected chi connectivity index (χ2v) is 10.4. The standard InChI is InChI=1S/C20H23Br2N3O4S/c1-14(20(27)23-2)24(12-15-6-4-7-16(21)10-15)19(26)13-25(30(3,28)29)18-9-5-8-17(22)11-18/h4-11,14H,12-13H2,1-3H3,(H,23,27)/t14-/m1/s1. The van der Waals surface area contributed by atoms with Gasteiger partial charge in [0.15, 0.2) is 0 Å². The molecule has 0 unspecified atom stereocenters. The number of nitrogens with zero attached hydrogens (tertiary/aromatic N) is 2. The van der Waals surface area contributed by atoms with Gasteiger partial charge in [0, 0.05) is 22.5 Å². The zero-order valence-electron chi connectivity index (χ0n) is 16.8. The third kappa shape index (κ3) is 6.55. The van der Waals surface area contributed by atoms with E-state index in [1.807, 2.05) is 24.3 Å². The van der Waals surface area contributed by atoms with Gasteiger partial charge in [-0.25, -0.2) is 8.42 Å². The largest absolute Gasteiger partial charge is 0.357 e. The summed E-state index contributed by atoms with van der Waals surface area (Å²) >= 11 is 6.72. The van der Waals surface area contributed by atoms with Crippen molar-refractivity contribution in [3.8, 4) is 0 Å². The van der Waals surface area contributed by atoms with E-state index >= 15 is 0 Å². The number of hydrogen-bond donors (Lipinski definition) is 1. The lowest BCUT2D eigenvalue weighted by atomic mass is 10.1. The van der Waals surface area contributed by atoms with E-state index in [0.29, 0.717) is 10.2 Å². The molecule has 162 valence electrons. The Morgan fingerprint density at radius 1 is 1.07 bits per heavy atom. The average Bonchev–Trinajstić information content (AvgIpc) is 2.68. The predicted molar refractivity (Wildman–Crippen MR) is 125 cm³/mol. The lowest BCUT2D eigenvalue weighted by Gasteiger charge is -2.31. The molecule has 2 amide bonds. The summed E-state index contributed by atoms with van der Waals surface area (Å²) in [4.78, 5) is 26.9. The number of rotatable bonds is 8. The number of amides is 2. The number of benzene rings is 2. The Morgan fingerprint density at radius 3 is 2.20 bits per heavy atom. The number of halogens is 2. The molecule has 0 saturated carbocycles. The smallest absolute Gasteiger partial charge is 0.244 e. The highest BCUT2D eigenvalue weighted by Gasteiger charge is 2.29. The molecule has 1 N–H and O–H groups in total. The highest BCUT2D eigenvalue weighted by atomic mass is 79.9. The van der Waals surface area contributed by atoms with Gasteiger partial charge in [0.1, 0.15) is 12.6 Å². The molecule has 0 aliphatic heterocycles. The Bertz CT molecular complexity index is 1030. The normalized spacial score (nSPS) is 12.2. The van der Waals surface area contributed by atoms with Crippen molar-refractivity contribution < 1.29 is 18.0 Å². The molecule has 0 fully saturated rings. The fourth-order valence-corrected chi connectivity index (χ4v) is 4.54. The van der Waals surface area contributed by atoms with Crippen LogP contribution in [0.1, 0.15) is 12.5 Å². The number of nitrogens with one attached hydrogen (secondary N) is 1. The zero-order chi connectivity index (χ0) is 22.5. The van der Waals surface area contributed by atoms with E-state index in [1.165, 1.54) is 11.9 Å². The van der Waals surface area contributed by atoms with E-state index in [1.54, 1.807) is 31.2 Å². The summed E-state index contributed by atoms with van der Waals surface area (Å²) in [6, 6.07) is 13.3. The van der Waals surface area contributed by atoms with Crippen LogP contribution in [0.3, 0.4) is 0 Å². The SMILES string of the molecule is CNC(=O)[C@@H](C)N(Cc1cccc(Br)c1)C(=O)CN(c1cccc(Br)c1)S(C)(=O)=O. The molecule has 0 spiro atoms. The van der Waals surface area contributed by atoms with Crippen molar-refractivity contribution in [2.45, 2.75) is 19.5 Å². The van der Waals surface area contributed by atoms with Crippen molar-refractivity contribution in [2.75, 3.05) is 24.2 Å². The molecule has 2 aromatic rings. The van der Waals surface area contributed by atoms with Gasteiger partial charge in [-0.05, 0) is 42.8 Å². The topological polar surface area (TPSA) is 86.8 Å². The highest BCUT2D eigenvalue weighted by Crippen LogP contribution is 2.23. The summed E-state index contributed by atoms with van der Waals surface area (Å²) in [6.45, 7) is 1.34. The van der Waals surface area contributed by atoms with Crippen LogP contribution in [0.4, 0.5) is 5.69 Å². The molecule has 7 nitrogen and oxygen atoms in total. The highest BCUT2D eigenvalue weighted by molar-refractivity contribution is 9.10. The third-order valence-electron chi connectivity index (χ3n) is 4.43. The molecule has 2 rings (SSSR count). The van der Waals surface area contributed by atoms with Crippen molar-refractivity contribution in [2.24, 2.45) is 0 Å². The molecular formula is C20H23Br2N3O4S. The van der Waals surface area contributed by atoms with Gasteiger partial charge in [0.05, 0.1) is 11.9 Å². The monoisotopic (exact) mass is 559 g/mol. The van der Waals surface area contributed by atoms with E-state index < -0.39 is 28.5 Å². The van der Waals surface area contributed by atoms with Crippen LogP contribution >= 0.6 is 31.9 Å². The molecule has 0 aromatic heterocycles. The Labute approximate surface area is 193 Å². The summed E-state index contributed by atoms with van der Waals surface area (Å²) in [7, 11) is -2.25. The van der Waals surface area contributed by atoms with Crippen molar-refractivity contribution in [1.82, 2.24) is 10.2 Å². The molecule has 0 aliphatic carbocycles. The number of likely N-dealkylation sites (N-methyl/N-ethyl adjacent to an activating group) is 1. The third-order valence-corrected chi connectivity index (χ3v) is 6.56. The quantitative estimate of drug-likeness (QED) is 0.537. The zero-order valence-corrected chi connectivity index (χ0v) is 20.8. The van der Waals surface area contributed by atoms with Gasteiger partial charge < -0.3 is 10.2 Å². The van der Waals surface area contributed by atoms with Crippen LogP contribution in [-0.2, 0) is 26.2 Å². The van der Waals surface area contributed by atoms with Crippen LogP contribution in [0.25, 0.3) is 0 Å². The summed E-state index contributed by atoms with van der Waals surface area (Å²) in [5.41, 5.74) is 1.16. The summed E-state index contributed by atoms with van der Waals surface area (Å²) in [5, 5.41) is 2.54. The molecule has 0 radical (unpaired) electrons.